The number of carbonyl (C=O) groups excluding carboxylic acids is 2. The number of piperidine rings is 1. The summed E-state index contributed by atoms with van der Waals surface area (Å²) in [5.41, 5.74) is 0.791. The third-order valence-electron chi connectivity index (χ3n) is 5.26. The second-order valence-corrected chi connectivity index (χ2v) is 10.0. The molecule has 7 heteroatoms. The van der Waals surface area contributed by atoms with Crippen LogP contribution in [0.5, 0.6) is 0 Å². The van der Waals surface area contributed by atoms with Crippen molar-refractivity contribution in [2.24, 2.45) is 0 Å². The topological polar surface area (TPSA) is 66.7 Å². The summed E-state index contributed by atoms with van der Waals surface area (Å²) in [6, 6.07) is 8.21. The molecule has 6 nitrogen and oxygen atoms in total. The third-order valence-corrected chi connectivity index (χ3v) is 6.46. The number of benzene rings is 1. The molecule has 2 atom stereocenters. The summed E-state index contributed by atoms with van der Waals surface area (Å²) in [4.78, 5) is 33.0. The number of rotatable bonds is 6. The minimum Gasteiger partial charge on any atom is -0.347 e. The van der Waals surface area contributed by atoms with E-state index in [1.165, 1.54) is 4.70 Å². The Labute approximate surface area is 177 Å². The summed E-state index contributed by atoms with van der Waals surface area (Å²) in [6.07, 6.45) is 2.07. The normalized spacial score (nSPS) is 18.6. The summed E-state index contributed by atoms with van der Waals surface area (Å²) < 4.78 is 1.21. The fraction of sp³-hybridized carbons (Fsp3) is 0.591. The van der Waals surface area contributed by atoms with Gasteiger partial charge in [-0.05, 0) is 52.7 Å². The maximum absolute atomic E-state index is 12.9. The molecular weight excluding hydrogens is 384 g/mol. The highest BCUT2D eigenvalue weighted by atomic mass is 32.1. The van der Waals surface area contributed by atoms with Crippen molar-refractivity contribution in [3.05, 3.63) is 29.3 Å². The minimum absolute atomic E-state index is 0.00635. The summed E-state index contributed by atoms with van der Waals surface area (Å²) in [7, 11) is 0. The van der Waals surface area contributed by atoms with Crippen molar-refractivity contribution < 1.29 is 14.5 Å². The first-order valence-corrected chi connectivity index (χ1v) is 11.3. The average molecular weight is 418 g/mol. The lowest BCUT2D eigenvalue weighted by atomic mass is 9.98. The number of nitrogens with one attached hydrogen (secondary N) is 2. The maximum atomic E-state index is 12.9. The summed E-state index contributed by atoms with van der Waals surface area (Å²) in [6.45, 7) is 10.9. The summed E-state index contributed by atoms with van der Waals surface area (Å²) in [5.74, 6) is 0.434. The fourth-order valence-corrected chi connectivity index (χ4v) is 4.89. The van der Waals surface area contributed by atoms with Gasteiger partial charge < -0.3 is 15.1 Å². The van der Waals surface area contributed by atoms with Crippen LogP contribution >= 0.6 is 11.3 Å². The molecule has 29 heavy (non-hydrogen) atoms. The van der Waals surface area contributed by atoms with Gasteiger partial charge in [-0.3, -0.25) is 9.59 Å². The Morgan fingerprint density at radius 1 is 1.28 bits per heavy atom. The molecule has 0 saturated carbocycles. The largest absolute Gasteiger partial charge is 0.347 e. The first-order valence-electron chi connectivity index (χ1n) is 10.5. The van der Waals surface area contributed by atoms with Crippen molar-refractivity contribution in [1.82, 2.24) is 15.2 Å². The van der Waals surface area contributed by atoms with Gasteiger partial charge in [-0.2, -0.15) is 0 Å². The van der Waals surface area contributed by atoms with E-state index in [2.05, 4.69) is 11.4 Å². The number of hydrogen-bond acceptors (Lipinski definition) is 4. The van der Waals surface area contributed by atoms with Crippen molar-refractivity contribution in [3.8, 4) is 0 Å². The van der Waals surface area contributed by atoms with Gasteiger partial charge in [0.1, 0.15) is 0 Å². The van der Waals surface area contributed by atoms with Gasteiger partial charge in [-0.15, -0.1) is 11.3 Å². The van der Waals surface area contributed by atoms with E-state index in [9.17, 15) is 9.59 Å². The summed E-state index contributed by atoms with van der Waals surface area (Å²) in [5, 5.41) is 4.12. The molecule has 3 rings (SSSR count). The molecule has 1 unspecified atom stereocenters. The quantitative estimate of drug-likeness (QED) is 0.754. The predicted molar refractivity (Wildman–Crippen MR) is 117 cm³/mol. The van der Waals surface area contributed by atoms with Gasteiger partial charge in [-0.25, -0.2) is 4.98 Å². The molecule has 0 bridgehead atoms. The molecular formula is C22H33N4O2S+. The SMILES string of the molecule is CC[NH+](CC(=O)NC(C)(C)C)CC(=O)N1CCC[C@@H](c2nc3ccccc3s2)C1. The third kappa shape index (κ3) is 6.00. The summed E-state index contributed by atoms with van der Waals surface area (Å²) >= 11 is 1.74. The lowest BCUT2D eigenvalue weighted by Gasteiger charge is -2.32. The Balaban J connectivity index is 1.59. The molecule has 2 N–H and O–H groups in total. The number of amides is 2. The molecule has 1 aromatic carbocycles. The molecule has 158 valence electrons. The standard InChI is InChI=1S/C22H32N4O2S/c1-5-25(14-19(27)24-22(2,3)4)15-20(28)26-12-8-9-16(13-26)21-23-17-10-6-7-11-18(17)29-21/h6-7,10-11,16H,5,8-9,12-15H2,1-4H3,(H,24,27)/p+1/t16-/m1/s1. The first kappa shape index (κ1) is 21.7. The Hall–Kier alpha value is -1.99. The zero-order valence-electron chi connectivity index (χ0n) is 18.0. The zero-order chi connectivity index (χ0) is 21.0. The Kier molecular flexibility index (Phi) is 6.90. The lowest BCUT2D eigenvalue weighted by Crippen LogP contribution is -3.14. The molecule has 1 saturated heterocycles. The average Bonchev–Trinajstić information content (AvgIpc) is 3.10. The van der Waals surface area contributed by atoms with Gasteiger partial charge in [0.25, 0.3) is 11.8 Å². The number of aromatic nitrogens is 1. The molecule has 2 amide bonds. The molecule has 1 aliphatic heterocycles. The second kappa shape index (κ2) is 9.22. The predicted octanol–water partition coefficient (Wildman–Crippen LogP) is 1.82. The number of hydrogen-bond donors (Lipinski definition) is 2. The number of para-hydroxylation sites is 1. The number of fused-ring (bicyclic) bond motifs is 1. The number of likely N-dealkylation sites (tertiary alicyclic amines) is 1. The van der Waals surface area contributed by atoms with Crippen LogP contribution in [0.15, 0.2) is 24.3 Å². The maximum Gasteiger partial charge on any atom is 0.277 e. The monoisotopic (exact) mass is 417 g/mol. The van der Waals surface area contributed by atoms with Gasteiger partial charge >= 0.3 is 0 Å². The van der Waals surface area contributed by atoms with Gasteiger partial charge in [0.15, 0.2) is 13.1 Å². The lowest BCUT2D eigenvalue weighted by molar-refractivity contribution is -0.882. The smallest absolute Gasteiger partial charge is 0.277 e. The highest BCUT2D eigenvalue weighted by molar-refractivity contribution is 7.18. The van der Waals surface area contributed by atoms with Crippen molar-refractivity contribution in [3.63, 3.8) is 0 Å². The first-order chi connectivity index (χ1) is 13.7. The zero-order valence-corrected chi connectivity index (χ0v) is 18.8. The molecule has 1 fully saturated rings. The van der Waals surface area contributed by atoms with E-state index < -0.39 is 0 Å². The van der Waals surface area contributed by atoms with Gasteiger partial charge in [0.05, 0.1) is 21.8 Å². The van der Waals surface area contributed by atoms with E-state index in [1.54, 1.807) is 11.3 Å². The number of nitrogens with zero attached hydrogens (tertiary/aromatic N) is 2. The van der Waals surface area contributed by atoms with Crippen molar-refractivity contribution in [1.29, 1.82) is 0 Å². The molecule has 1 aliphatic rings. The van der Waals surface area contributed by atoms with Crippen LogP contribution in [0.1, 0.15) is 51.5 Å². The van der Waals surface area contributed by atoms with E-state index >= 15 is 0 Å². The van der Waals surface area contributed by atoms with Crippen molar-refractivity contribution >= 4 is 33.4 Å². The molecule has 1 aromatic heterocycles. The Morgan fingerprint density at radius 2 is 2.03 bits per heavy atom. The second-order valence-electron chi connectivity index (χ2n) is 8.95. The van der Waals surface area contributed by atoms with Gasteiger partial charge in [0, 0.05) is 24.5 Å². The van der Waals surface area contributed by atoms with Crippen LogP contribution in [0.4, 0.5) is 0 Å². The van der Waals surface area contributed by atoms with Gasteiger partial charge in [-0.1, -0.05) is 12.1 Å². The molecule has 2 aromatic rings. The Bertz CT molecular complexity index is 825. The van der Waals surface area contributed by atoms with E-state index in [1.807, 2.05) is 50.8 Å². The molecule has 2 heterocycles. The molecule has 0 aliphatic carbocycles. The fourth-order valence-electron chi connectivity index (χ4n) is 3.80. The Morgan fingerprint density at radius 3 is 2.72 bits per heavy atom. The highest BCUT2D eigenvalue weighted by Crippen LogP contribution is 2.32. The number of carbonyl (C=O) groups is 2. The minimum atomic E-state index is -0.253. The number of thiazole rings is 1. The van der Waals surface area contributed by atoms with Gasteiger partial charge in [0.2, 0.25) is 0 Å². The van der Waals surface area contributed by atoms with Crippen LogP contribution in [-0.2, 0) is 9.59 Å². The van der Waals surface area contributed by atoms with Crippen LogP contribution in [0, 0.1) is 0 Å². The van der Waals surface area contributed by atoms with Crippen LogP contribution in [0.25, 0.3) is 10.2 Å². The molecule has 0 radical (unpaired) electrons. The van der Waals surface area contributed by atoms with Crippen LogP contribution < -0.4 is 10.2 Å². The van der Waals surface area contributed by atoms with Crippen LogP contribution in [0.3, 0.4) is 0 Å². The highest BCUT2D eigenvalue weighted by Gasteiger charge is 2.29. The van der Waals surface area contributed by atoms with Crippen molar-refractivity contribution in [2.45, 2.75) is 52.0 Å². The number of likely N-dealkylation sites (N-methyl/N-ethyl adjacent to an activating group) is 1. The van der Waals surface area contributed by atoms with E-state index in [0.717, 1.165) is 47.9 Å². The van der Waals surface area contributed by atoms with Crippen LogP contribution in [0.2, 0.25) is 0 Å². The van der Waals surface area contributed by atoms with E-state index in [-0.39, 0.29) is 17.4 Å². The van der Waals surface area contributed by atoms with E-state index in [4.69, 9.17) is 4.98 Å². The van der Waals surface area contributed by atoms with Crippen LogP contribution in [-0.4, -0.2) is 60.0 Å². The van der Waals surface area contributed by atoms with Crippen molar-refractivity contribution in [2.75, 3.05) is 32.7 Å². The molecule has 0 spiro atoms. The number of quaternary nitrogens is 1. The van der Waals surface area contributed by atoms with E-state index in [0.29, 0.717) is 19.0 Å².